The Kier molecular flexibility index (Phi) is 3.72. The van der Waals surface area contributed by atoms with Gasteiger partial charge in [0, 0.05) is 30.3 Å². The highest BCUT2D eigenvalue weighted by Gasteiger charge is 2.30. The van der Waals surface area contributed by atoms with Crippen LogP contribution in [0.25, 0.3) is 11.3 Å². The largest absolute Gasteiger partial charge is 0.356 e. The number of aryl methyl sites for hydroxylation is 1. The van der Waals surface area contributed by atoms with Gasteiger partial charge < -0.3 is 9.84 Å². The molecule has 2 heterocycles. The fourth-order valence-electron chi connectivity index (χ4n) is 2.64. The number of hydrogen-bond acceptors (Lipinski definition) is 5. The molecule has 0 saturated heterocycles. The Bertz CT molecular complexity index is 873. The quantitative estimate of drug-likeness (QED) is 0.766. The molecule has 1 N–H and O–H groups in total. The number of anilines is 1. The van der Waals surface area contributed by atoms with Gasteiger partial charge in [0.1, 0.15) is 5.82 Å². The maximum absolute atomic E-state index is 13.7. The fourth-order valence-corrected chi connectivity index (χ4v) is 2.64. The van der Waals surface area contributed by atoms with Gasteiger partial charge in [0.2, 0.25) is 5.95 Å². The van der Waals surface area contributed by atoms with Crippen molar-refractivity contribution in [2.45, 2.75) is 32.2 Å². The van der Waals surface area contributed by atoms with Gasteiger partial charge in [-0.25, -0.2) is 14.4 Å². The molecular formula is C18H17FN4O. The van der Waals surface area contributed by atoms with Crippen molar-refractivity contribution in [3.8, 4) is 11.3 Å². The van der Waals surface area contributed by atoms with Gasteiger partial charge in [0.05, 0.1) is 17.0 Å². The number of nitrogens with zero attached hydrogens (tertiary/aromatic N) is 3. The van der Waals surface area contributed by atoms with E-state index in [-0.39, 0.29) is 5.82 Å². The second-order valence-electron chi connectivity index (χ2n) is 6.04. The highest BCUT2D eigenvalue weighted by Crippen LogP contribution is 2.43. The Labute approximate surface area is 138 Å². The average Bonchev–Trinajstić information content (AvgIpc) is 3.35. The molecule has 0 aliphatic heterocycles. The summed E-state index contributed by atoms with van der Waals surface area (Å²) in [7, 11) is 0. The van der Waals surface area contributed by atoms with Crippen LogP contribution in [0, 0.1) is 12.7 Å². The summed E-state index contributed by atoms with van der Waals surface area (Å²) in [4.78, 5) is 8.98. The minimum Gasteiger partial charge on any atom is -0.356 e. The van der Waals surface area contributed by atoms with Crippen LogP contribution in [0.1, 0.15) is 35.7 Å². The normalized spacial score (nSPS) is 13.9. The first kappa shape index (κ1) is 14.8. The van der Waals surface area contributed by atoms with Gasteiger partial charge in [-0.1, -0.05) is 23.4 Å². The first-order chi connectivity index (χ1) is 11.7. The molecule has 122 valence electrons. The van der Waals surface area contributed by atoms with Crippen molar-refractivity contribution in [1.82, 2.24) is 15.1 Å². The summed E-state index contributed by atoms with van der Waals surface area (Å²) < 4.78 is 19.1. The zero-order valence-corrected chi connectivity index (χ0v) is 13.3. The second-order valence-corrected chi connectivity index (χ2v) is 6.04. The molecule has 1 aliphatic rings. The van der Waals surface area contributed by atoms with Gasteiger partial charge in [-0.15, -0.1) is 0 Å². The summed E-state index contributed by atoms with van der Waals surface area (Å²) in [6.45, 7) is 2.23. The summed E-state index contributed by atoms with van der Waals surface area (Å²) in [5, 5.41) is 7.03. The number of halogens is 1. The lowest BCUT2D eigenvalue weighted by molar-refractivity contribution is 0.426. The van der Waals surface area contributed by atoms with E-state index in [1.807, 2.05) is 19.1 Å². The molecular weight excluding hydrogens is 307 g/mol. The van der Waals surface area contributed by atoms with Gasteiger partial charge >= 0.3 is 0 Å². The molecule has 1 aliphatic carbocycles. The van der Waals surface area contributed by atoms with Gasteiger partial charge in [-0.05, 0) is 25.8 Å². The van der Waals surface area contributed by atoms with Crippen molar-refractivity contribution >= 4 is 5.95 Å². The Morgan fingerprint density at radius 3 is 2.83 bits per heavy atom. The first-order valence-electron chi connectivity index (χ1n) is 7.98. The zero-order chi connectivity index (χ0) is 16.5. The van der Waals surface area contributed by atoms with Crippen molar-refractivity contribution in [1.29, 1.82) is 0 Å². The van der Waals surface area contributed by atoms with Crippen LogP contribution >= 0.6 is 0 Å². The third-order valence-electron chi connectivity index (χ3n) is 4.07. The molecule has 1 aromatic carbocycles. The fraction of sp³-hybridized carbons (Fsp3) is 0.278. The molecule has 0 unspecified atom stereocenters. The van der Waals surface area contributed by atoms with Crippen molar-refractivity contribution in [2.75, 3.05) is 5.32 Å². The maximum Gasteiger partial charge on any atom is 0.223 e. The smallest absolute Gasteiger partial charge is 0.223 e. The van der Waals surface area contributed by atoms with Crippen LogP contribution in [-0.4, -0.2) is 15.1 Å². The molecule has 24 heavy (non-hydrogen) atoms. The Morgan fingerprint density at radius 2 is 2.12 bits per heavy atom. The van der Waals surface area contributed by atoms with Gasteiger partial charge in [0.15, 0.2) is 5.76 Å². The van der Waals surface area contributed by atoms with E-state index >= 15 is 0 Å². The highest BCUT2D eigenvalue weighted by atomic mass is 19.1. The average molecular weight is 324 g/mol. The van der Waals surface area contributed by atoms with Gasteiger partial charge in [-0.3, -0.25) is 0 Å². The minimum atomic E-state index is -0.235. The molecule has 1 saturated carbocycles. The standard InChI is InChI=1S/C18H17FN4O/c1-11-8-16(24-23-11)14-10-21-18(22-17(14)12-6-7-12)20-9-13-4-2-3-5-15(13)19/h2-5,8,10,12H,6-7,9H2,1H3,(H,20,21,22). The summed E-state index contributed by atoms with van der Waals surface area (Å²) in [5.74, 6) is 1.39. The zero-order valence-electron chi connectivity index (χ0n) is 13.3. The molecule has 0 radical (unpaired) electrons. The van der Waals surface area contributed by atoms with E-state index in [1.54, 1.807) is 18.3 Å². The predicted molar refractivity (Wildman–Crippen MR) is 88.0 cm³/mol. The van der Waals surface area contributed by atoms with Crippen molar-refractivity contribution in [3.63, 3.8) is 0 Å². The van der Waals surface area contributed by atoms with Crippen LogP contribution in [0.5, 0.6) is 0 Å². The van der Waals surface area contributed by atoms with Gasteiger partial charge in [-0.2, -0.15) is 0 Å². The third-order valence-corrected chi connectivity index (χ3v) is 4.07. The highest BCUT2D eigenvalue weighted by molar-refractivity contribution is 5.62. The lowest BCUT2D eigenvalue weighted by Crippen LogP contribution is -2.07. The van der Waals surface area contributed by atoms with Crippen LogP contribution in [0.4, 0.5) is 10.3 Å². The van der Waals surface area contributed by atoms with E-state index in [9.17, 15) is 4.39 Å². The van der Waals surface area contributed by atoms with Crippen LogP contribution in [0.15, 0.2) is 41.1 Å². The van der Waals surface area contributed by atoms with Crippen LogP contribution < -0.4 is 5.32 Å². The van der Waals surface area contributed by atoms with Crippen molar-refractivity contribution < 1.29 is 8.91 Å². The van der Waals surface area contributed by atoms with Gasteiger partial charge in [0.25, 0.3) is 0 Å². The molecule has 6 heteroatoms. The molecule has 0 amide bonds. The summed E-state index contributed by atoms with van der Waals surface area (Å²) in [6.07, 6.45) is 3.98. The summed E-state index contributed by atoms with van der Waals surface area (Å²) >= 11 is 0. The molecule has 1 fully saturated rings. The van der Waals surface area contributed by atoms with E-state index in [2.05, 4.69) is 20.4 Å². The van der Waals surface area contributed by atoms with Crippen molar-refractivity contribution in [3.05, 3.63) is 59.3 Å². The lowest BCUT2D eigenvalue weighted by Gasteiger charge is -2.09. The molecule has 0 atom stereocenters. The number of rotatable bonds is 5. The first-order valence-corrected chi connectivity index (χ1v) is 7.98. The molecule has 0 bridgehead atoms. The second kappa shape index (κ2) is 6.03. The van der Waals surface area contributed by atoms with E-state index in [0.717, 1.165) is 29.8 Å². The third kappa shape index (κ3) is 2.99. The topological polar surface area (TPSA) is 63.8 Å². The van der Waals surface area contributed by atoms with Crippen LogP contribution in [0.2, 0.25) is 0 Å². The maximum atomic E-state index is 13.7. The Balaban J connectivity index is 1.59. The van der Waals surface area contributed by atoms with E-state index < -0.39 is 0 Å². The SMILES string of the molecule is Cc1cc(-c2cnc(NCc3ccccc3F)nc2C2CC2)on1. The van der Waals surface area contributed by atoms with E-state index in [0.29, 0.717) is 29.7 Å². The number of nitrogens with one attached hydrogen (secondary N) is 1. The summed E-state index contributed by atoms with van der Waals surface area (Å²) in [5.41, 5.74) is 3.27. The summed E-state index contributed by atoms with van der Waals surface area (Å²) in [6, 6.07) is 8.57. The predicted octanol–water partition coefficient (Wildman–Crippen LogP) is 4.07. The number of hydrogen-bond donors (Lipinski definition) is 1. The van der Waals surface area contributed by atoms with Crippen LogP contribution in [-0.2, 0) is 6.54 Å². The number of benzene rings is 1. The molecule has 2 aromatic heterocycles. The van der Waals surface area contributed by atoms with Crippen molar-refractivity contribution in [2.24, 2.45) is 0 Å². The Hall–Kier alpha value is -2.76. The molecule has 5 nitrogen and oxygen atoms in total. The van der Waals surface area contributed by atoms with Crippen LogP contribution in [0.3, 0.4) is 0 Å². The monoisotopic (exact) mass is 324 g/mol. The van der Waals surface area contributed by atoms with E-state index in [4.69, 9.17) is 4.52 Å². The lowest BCUT2D eigenvalue weighted by atomic mass is 10.1. The Morgan fingerprint density at radius 1 is 1.29 bits per heavy atom. The van der Waals surface area contributed by atoms with E-state index in [1.165, 1.54) is 6.07 Å². The number of aromatic nitrogens is 3. The molecule has 4 rings (SSSR count). The molecule has 3 aromatic rings. The molecule has 0 spiro atoms. The minimum absolute atomic E-state index is 0.235.